The Kier molecular flexibility index (Phi) is 8.15. The fourth-order valence-corrected chi connectivity index (χ4v) is 3.72. The second-order valence-corrected chi connectivity index (χ2v) is 7.86. The van der Waals surface area contributed by atoms with Gasteiger partial charge in [-0.25, -0.2) is 0 Å². The van der Waals surface area contributed by atoms with Crippen LogP contribution in [-0.2, 0) is 9.59 Å². The van der Waals surface area contributed by atoms with Crippen molar-refractivity contribution in [2.24, 2.45) is 11.8 Å². The molecule has 0 saturated carbocycles. The molecular formula is C22H34N2O4. The monoisotopic (exact) mass is 390 g/mol. The van der Waals surface area contributed by atoms with Crippen LogP contribution >= 0.6 is 0 Å². The Balaban J connectivity index is 2.31. The van der Waals surface area contributed by atoms with Crippen molar-refractivity contribution in [1.29, 1.82) is 0 Å². The van der Waals surface area contributed by atoms with Crippen molar-refractivity contribution in [3.8, 4) is 11.5 Å². The standard InChI is InChI=1S/C22H34N2O4/c1-6-7-10-23-22(26)19-14-24(21(25)11-15(2)3)13-18(19)17-12-16(27-4)8-9-20(17)28-5/h8-9,12,15,18-19H,6-7,10-11,13-14H2,1-5H3,(H,23,26)/t18-,19+/m1/s1. The Bertz CT molecular complexity index is 675. The highest BCUT2D eigenvalue weighted by Gasteiger charge is 2.41. The zero-order chi connectivity index (χ0) is 20.7. The Morgan fingerprint density at radius 1 is 1.21 bits per heavy atom. The van der Waals surface area contributed by atoms with Crippen molar-refractivity contribution in [2.45, 2.75) is 46.0 Å². The van der Waals surface area contributed by atoms with E-state index in [-0.39, 0.29) is 29.6 Å². The molecule has 1 aliphatic rings. The first-order valence-electron chi connectivity index (χ1n) is 10.2. The van der Waals surface area contributed by atoms with E-state index >= 15 is 0 Å². The molecule has 2 atom stereocenters. The number of ether oxygens (including phenoxy) is 2. The highest BCUT2D eigenvalue weighted by atomic mass is 16.5. The molecule has 0 bridgehead atoms. The molecule has 2 rings (SSSR count). The van der Waals surface area contributed by atoms with E-state index < -0.39 is 0 Å². The third-order valence-corrected chi connectivity index (χ3v) is 5.26. The Morgan fingerprint density at radius 3 is 2.57 bits per heavy atom. The van der Waals surface area contributed by atoms with Gasteiger partial charge in [-0.2, -0.15) is 0 Å². The van der Waals surface area contributed by atoms with Gasteiger partial charge in [0.05, 0.1) is 20.1 Å². The Labute approximate surface area is 168 Å². The number of amides is 2. The number of likely N-dealkylation sites (tertiary alicyclic amines) is 1. The van der Waals surface area contributed by atoms with Crippen molar-refractivity contribution in [3.63, 3.8) is 0 Å². The summed E-state index contributed by atoms with van der Waals surface area (Å²) in [5, 5.41) is 3.04. The van der Waals surface area contributed by atoms with Crippen molar-refractivity contribution in [2.75, 3.05) is 33.9 Å². The molecular weight excluding hydrogens is 356 g/mol. The molecule has 0 unspecified atom stereocenters. The lowest BCUT2D eigenvalue weighted by Gasteiger charge is -2.21. The predicted molar refractivity (Wildman–Crippen MR) is 110 cm³/mol. The molecule has 1 fully saturated rings. The predicted octanol–water partition coefficient (Wildman–Crippen LogP) is 3.21. The van der Waals surface area contributed by atoms with E-state index in [1.165, 1.54) is 0 Å². The SMILES string of the molecule is CCCCNC(=O)[C@H]1CN(C(=O)CC(C)C)C[C@@H]1c1cc(OC)ccc1OC. The van der Waals surface area contributed by atoms with Crippen LogP contribution in [0.3, 0.4) is 0 Å². The van der Waals surface area contributed by atoms with Crippen LogP contribution in [0.1, 0.15) is 51.5 Å². The molecule has 1 heterocycles. The molecule has 28 heavy (non-hydrogen) atoms. The van der Waals surface area contributed by atoms with Gasteiger partial charge in [-0.05, 0) is 30.5 Å². The molecule has 1 aliphatic heterocycles. The van der Waals surface area contributed by atoms with E-state index in [2.05, 4.69) is 12.2 Å². The molecule has 0 radical (unpaired) electrons. The third-order valence-electron chi connectivity index (χ3n) is 5.26. The minimum Gasteiger partial charge on any atom is -0.497 e. The Morgan fingerprint density at radius 2 is 1.96 bits per heavy atom. The van der Waals surface area contributed by atoms with E-state index in [4.69, 9.17) is 9.47 Å². The van der Waals surface area contributed by atoms with Gasteiger partial charge in [-0.1, -0.05) is 27.2 Å². The number of benzene rings is 1. The third kappa shape index (κ3) is 5.40. The minimum absolute atomic E-state index is 0.00294. The molecule has 6 heteroatoms. The first kappa shape index (κ1) is 22.1. The van der Waals surface area contributed by atoms with E-state index in [1.54, 1.807) is 14.2 Å². The fourth-order valence-electron chi connectivity index (χ4n) is 3.72. The molecule has 0 spiro atoms. The van der Waals surface area contributed by atoms with Crippen molar-refractivity contribution < 1.29 is 19.1 Å². The maximum absolute atomic E-state index is 12.9. The normalized spacial score (nSPS) is 19.0. The zero-order valence-electron chi connectivity index (χ0n) is 17.8. The van der Waals surface area contributed by atoms with Crippen molar-refractivity contribution in [3.05, 3.63) is 23.8 Å². The lowest BCUT2D eigenvalue weighted by Crippen LogP contribution is -2.36. The number of hydrogen-bond donors (Lipinski definition) is 1. The van der Waals surface area contributed by atoms with Crippen molar-refractivity contribution in [1.82, 2.24) is 10.2 Å². The summed E-state index contributed by atoms with van der Waals surface area (Å²) in [4.78, 5) is 27.4. The summed E-state index contributed by atoms with van der Waals surface area (Å²) in [6.45, 7) is 7.78. The number of methoxy groups -OCH3 is 2. The zero-order valence-corrected chi connectivity index (χ0v) is 17.8. The topological polar surface area (TPSA) is 67.9 Å². The summed E-state index contributed by atoms with van der Waals surface area (Å²) in [6, 6.07) is 5.63. The smallest absolute Gasteiger partial charge is 0.225 e. The maximum Gasteiger partial charge on any atom is 0.225 e. The molecule has 0 aromatic heterocycles. The van der Waals surface area contributed by atoms with Gasteiger partial charge >= 0.3 is 0 Å². The van der Waals surface area contributed by atoms with E-state index in [9.17, 15) is 9.59 Å². The van der Waals surface area contributed by atoms with Gasteiger partial charge in [0, 0.05) is 37.5 Å². The summed E-state index contributed by atoms with van der Waals surface area (Å²) < 4.78 is 10.9. The van der Waals surface area contributed by atoms with Gasteiger partial charge in [0.1, 0.15) is 11.5 Å². The molecule has 156 valence electrons. The largest absolute Gasteiger partial charge is 0.497 e. The first-order chi connectivity index (χ1) is 13.4. The maximum atomic E-state index is 12.9. The molecule has 6 nitrogen and oxygen atoms in total. The summed E-state index contributed by atoms with van der Waals surface area (Å²) in [7, 11) is 3.24. The van der Waals surface area contributed by atoms with Crippen LogP contribution in [0.25, 0.3) is 0 Å². The van der Waals surface area contributed by atoms with Crippen LogP contribution in [0.15, 0.2) is 18.2 Å². The average Bonchev–Trinajstić information content (AvgIpc) is 3.12. The first-order valence-corrected chi connectivity index (χ1v) is 10.2. The van der Waals surface area contributed by atoms with Gasteiger partial charge in [0.25, 0.3) is 0 Å². The summed E-state index contributed by atoms with van der Waals surface area (Å²) in [5.74, 6) is 1.41. The van der Waals surface area contributed by atoms with Gasteiger partial charge in [0.15, 0.2) is 0 Å². The lowest BCUT2D eigenvalue weighted by molar-refractivity contribution is -0.131. The van der Waals surface area contributed by atoms with Crippen LogP contribution in [-0.4, -0.2) is 50.6 Å². The van der Waals surface area contributed by atoms with Gasteiger partial charge < -0.3 is 19.7 Å². The van der Waals surface area contributed by atoms with E-state index in [0.29, 0.717) is 31.8 Å². The molecule has 1 N–H and O–H groups in total. The van der Waals surface area contributed by atoms with Crippen LogP contribution in [0.4, 0.5) is 0 Å². The van der Waals surface area contributed by atoms with Gasteiger partial charge in [-0.3, -0.25) is 9.59 Å². The van der Waals surface area contributed by atoms with Crippen molar-refractivity contribution >= 4 is 11.8 Å². The number of hydrogen-bond acceptors (Lipinski definition) is 4. The summed E-state index contributed by atoms with van der Waals surface area (Å²) in [5.41, 5.74) is 0.914. The van der Waals surface area contributed by atoms with E-state index in [0.717, 1.165) is 24.2 Å². The summed E-state index contributed by atoms with van der Waals surface area (Å²) in [6.07, 6.45) is 2.46. The van der Waals surface area contributed by atoms with Crippen LogP contribution in [0, 0.1) is 11.8 Å². The highest BCUT2D eigenvalue weighted by Crippen LogP contribution is 2.39. The van der Waals surface area contributed by atoms with Crippen LogP contribution in [0.5, 0.6) is 11.5 Å². The number of nitrogens with one attached hydrogen (secondary N) is 1. The van der Waals surface area contributed by atoms with E-state index in [1.807, 2.05) is 36.9 Å². The number of rotatable bonds is 9. The van der Waals surface area contributed by atoms with Crippen LogP contribution < -0.4 is 14.8 Å². The Hall–Kier alpha value is -2.24. The number of carbonyl (C=O) groups excluding carboxylic acids is 2. The molecule has 1 aromatic carbocycles. The molecule has 1 aromatic rings. The number of nitrogens with zero attached hydrogens (tertiary/aromatic N) is 1. The quantitative estimate of drug-likeness (QED) is 0.658. The average molecular weight is 391 g/mol. The summed E-state index contributed by atoms with van der Waals surface area (Å²) >= 11 is 0. The fraction of sp³-hybridized carbons (Fsp3) is 0.636. The molecule has 1 saturated heterocycles. The number of unbranched alkanes of at least 4 members (excludes halogenated alkanes) is 1. The molecule has 0 aliphatic carbocycles. The second-order valence-electron chi connectivity index (χ2n) is 7.86. The highest BCUT2D eigenvalue weighted by molar-refractivity contribution is 5.83. The minimum atomic E-state index is -0.297. The number of carbonyl (C=O) groups is 2. The van der Waals surface area contributed by atoms with Gasteiger partial charge in [-0.15, -0.1) is 0 Å². The second kappa shape index (κ2) is 10.3. The lowest BCUT2D eigenvalue weighted by atomic mass is 9.87. The molecule has 2 amide bonds. The van der Waals surface area contributed by atoms with Gasteiger partial charge in [0.2, 0.25) is 11.8 Å². The van der Waals surface area contributed by atoms with Crippen LogP contribution in [0.2, 0.25) is 0 Å².